The number of nitrogens with zero attached hydrogens (tertiary/aromatic N) is 1. The minimum absolute atomic E-state index is 0.0605. The summed E-state index contributed by atoms with van der Waals surface area (Å²) in [7, 11) is -4.52. The normalized spacial score (nSPS) is 15.0. The monoisotopic (exact) mass is 579 g/mol. The predicted molar refractivity (Wildman–Crippen MR) is 143 cm³/mol. The Morgan fingerprint density at radius 2 is 1.79 bits per heavy atom. The fourth-order valence-electron chi connectivity index (χ4n) is 4.07. The summed E-state index contributed by atoms with van der Waals surface area (Å²) >= 11 is 12.2. The maximum atomic E-state index is 14.3. The van der Waals surface area contributed by atoms with Crippen LogP contribution in [0.2, 0.25) is 10.0 Å². The maximum Gasteiger partial charge on any atom is 0.265 e. The van der Waals surface area contributed by atoms with Crippen LogP contribution in [-0.2, 0) is 26.2 Å². The van der Waals surface area contributed by atoms with E-state index < -0.39 is 45.9 Å². The summed E-state index contributed by atoms with van der Waals surface area (Å²) in [4.78, 5) is 25.8. The van der Waals surface area contributed by atoms with Crippen molar-refractivity contribution >= 4 is 62.5 Å². The molecule has 1 atom stereocenters. The van der Waals surface area contributed by atoms with Crippen molar-refractivity contribution in [3.63, 3.8) is 0 Å². The molecule has 0 saturated carbocycles. The molecule has 0 aliphatic carbocycles. The fraction of sp³-hybridized carbons (Fsp3) is 0.154. The van der Waals surface area contributed by atoms with Gasteiger partial charge in [-0.15, -0.1) is 0 Å². The molecule has 0 bridgehead atoms. The molecule has 3 aromatic rings. The highest BCUT2D eigenvalue weighted by Gasteiger charge is 2.43. The third-order valence-corrected chi connectivity index (χ3v) is 8.61. The first-order valence-corrected chi connectivity index (χ1v) is 13.4. The number of hydrogen-bond donors (Lipinski definition) is 2. The van der Waals surface area contributed by atoms with Crippen LogP contribution in [0.4, 0.5) is 20.2 Å². The molecule has 1 unspecified atom stereocenters. The lowest BCUT2D eigenvalue weighted by Crippen LogP contribution is -2.52. The van der Waals surface area contributed by atoms with Crippen LogP contribution in [0, 0.1) is 18.6 Å². The summed E-state index contributed by atoms with van der Waals surface area (Å²) in [6.45, 7) is 5.07. The number of carbonyl (C=O) groups is 2. The van der Waals surface area contributed by atoms with E-state index in [9.17, 15) is 26.8 Å². The Labute approximate surface area is 228 Å². The molecule has 0 aromatic heterocycles. The first kappa shape index (κ1) is 27.6. The first-order valence-electron chi connectivity index (χ1n) is 11.2. The van der Waals surface area contributed by atoms with Crippen LogP contribution in [0.5, 0.6) is 0 Å². The third kappa shape index (κ3) is 5.38. The summed E-state index contributed by atoms with van der Waals surface area (Å²) in [5.41, 5.74) is 0.949. The molecule has 2 N–H and O–H groups in total. The molecule has 1 heterocycles. The van der Waals surface area contributed by atoms with Gasteiger partial charge in [-0.1, -0.05) is 41.9 Å². The average molecular weight is 580 g/mol. The van der Waals surface area contributed by atoms with Crippen molar-refractivity contribution in [3.05, 3.63) is 93.5 Å². The van der Waals surface area contributed by atoms with Crippen molar-refractivity contribution in [1.29, 1.82) is 0 Å². The molecule has 0 saturated heterocycles. The van der Waals surface area contributed by atoms with Gasteiger partial charge in [-0.05, 0) is 60.0 Å². The molecule has 38 heavy (non-hydrogen) atoms. The van der Waals surface area contributed by atoms with Gasteiger partial charge in [-0.3, -0.25) is 13.9 Å². The third-order valence-electron chi connectivity index (χ3n) is 5.96. The highest BCUT2D eigenvalue weighted by atomic mass is 35.5. The molecule has 0 radical (unpaired) electrons. The van der Waals surface area contributed by atoms with Crippen LogP contribution in [0.25, 0.3) is 6.08 Å². The van der Waals surface area contributed by atoms with E-state index in [1.54, 1.807) is 0 Å². The largest absolute Gasteiger partial charge is 0.352 e. The van der Waals surface area contributed by atoms with Gasteiger partial charge in [0.15, 0.2) is 0 Å². The molecule has 3 aromatic carbocycles. The number of halogens is 4. The lowest BCUT2D eigenvalue weighted by atomic mass is 10.1. The molecule has 4 rings (SSSR count). The first-order chi connectivity index (χ1) is 17.9. The van der Waals surface area contributed by atoms with E-state index in [0.29, 0.717) is 11.1 Å². The molecule has 2 amide bonds. The van der Waals surface area contributed by atoms with Crippen molar-refractivity contribution < 1.29 is 26.8 Å². The minimum Gasteiger partial charge on any atom is -0.352 e. The van der Waals surface area contributed by atoms with Gasteiger partial charge in [0.1, 0.15) is 17.7 Å². The SMILES string of the molecule is C=Cc1cc(S(=O)(=O)N2c3cc(F)ccc3NC(=O)C2CC(=O)NCc2ccc(F)cc2Cl)c(C)cc1Cl. The Kier molecular flexibility index (Phi) is 7.78. The molecule has 0 fully saturated rings. The molecule has 12 heteroatoms. The van der Waals surface area contributed by atoms with Gasteiger partial charge < -0.3 is 10.6 Å². The van der Waals surface area contributed by atoms with Gasteiger partial charge >= 0.3 is 0 Å². The van der Waals surface area contributed by atoms with Crippen molar-refractivity contribution in [2.24, 2.45) is 0 Å². The van der Waals surface area contributed by atoms with Gasteiger partial charge in [0.25, 0.3) is 10.0 Å². The Morgan fingerprint density at radius 1 is 1.11 bits per heavy atom. The Hall–Kier alpha value is -3.47. The van der Waals surface area contributed by atoms with Crippen molar-refractivity contribution in [1.82, 2.24) is 5.32 Å². The number of anilines is 2. The number of amides is 2. The number of aryl methyl sites for hydroxylation is 1. The number of benzene rings is 3. The van der Waals surface area contributed by atoms with Crippen molar-refractivity contribution in [2.75, 3.05) is 9.62 Å². The van der Waals surface area contributed by atoms with Gasteiger partial charge in [0, 0.05) is 22.7 Å². The molecule has 1 aliphatic heterocycles. The Balaban J connectivity index is 1.73. The standard InChI is InChI=1S/C26H21Cl2F2N3O4S/c1-3-15-9-24(14(2)8-19(15)27)38(36,37)33-22-11-18(30)6-7-21(22)32-26(35)23(33)12-25(34)31-13-16-4-5-17(29)10-20(16)28/h3-11,23H,1,12-13H2,2H3,(H,31,34)(H,32,35). The molecule has 198 valence electrons. The van der Waals surface area contributed by atoms with Crippen LogP contribution < -0.4 is 14.9 Å². The average Bonchev–Trinajstić information content (AvgIpc) is 2.84. The van der Waals surface area contributed by atoms with E-state index >= 15 is 0 Å². The summed E-state index contributed by atoms with van der Waals surface area (Å²) in [5, 5.41) is 5.46. The second kappa shape index (κ2) is 10.7. The van der Waals surface area contributed by atoms with Crippen LogP contribution >= 0.6 is 23.2 Å². The number of rotatable bonds is 7. The molecule has 7 nitrogen and oxygen atoms in total. The van der Waals surface area contributed by atoms with E-state index in [-0.39, 0.29) is 38.4 Å². The van der Waals surface area contributed by atoms with Gasteiger partial charge in [0.2, 0.25) is 11.8 Å². The number of carbonyl (C=O) groups excluding carboxylic acids is 2. The maximum absolute atomic E-state index is 14.3. The zero-order valence-electron chi connectivity index (χ0n) is 19.9. The number of nitrogens with one attached hydrogen (secondary N) is 2. The molecular weight excluding hydrogens is 559 g/mol. The zero-order chi connectivity index (χ0) is 27.8. The zero-order valence-corrected chi connectivity index (χ0v) is 22.2. The van der Waals surface area contributed by atoms with E-state index in [1.165, 1.54) is 43.3 Å². The second-order valence-corrected chi connectivity index (χ2v) is 11.1. The summed E-state index contributed by atoms with van der Waals surface area (Å²) in [6.07, 6.45) is 0.781. The molecule has 0 spiro atoms. The van der Waals surface area contributed by atoms with Crippen molar-refractivity contribution in [2.45, 2.75) is 30.8 Å². The highest BCUT2D eigenvalue weighted by molar-refractivity contribution is 7.93. The summed E-state index contributed by atoms with van der Waals surface area (Å²) in [5.74, 6) is -2.76. The van der Waals surface area contributed by atoms with Gasteiger partial charge in [-0.25, -0.2) is 17.2 Å². The lowest BCUT2D eigenvalue weighted by Gasteiger charge is -2.37. The predicted octanol–water partition coefficient (Wildman–Crippen LogP) is 5.45. The van der Waals surface area contributed by atoms with E-state index in [0.717, 1.165) is 22.5 Å². The smallest absolute Gasteiger partial charge is 0.265 e. The van der Waals surface area contributed by atoms with Crippen molar-refractivity contribution in [3.8, 4) is 0 Å². The topological polar surface area (TPSA) is 95.6 Å². The number of hydrogen-bond acceptors (Lipinski definition) is 4. The molecule has 1 aliphatic rings. The summed E-state index contributed by atoms with van der Waals surface area (Å²) in [6, 6.07) is 8.12. The minimum atomic E-state index is -4.52. The number of sulfonamides is 1. The van der Waals surface area contributed by atoms with Gasteiger partial charge in [-0.2, -0.15) is 0 Å². The van der Waals surface area contributed by atoms with Crippen LogP contribution in [0.15, 0.2) is 60.0 Å². The Morgan fingerprint density at radius 3 is 2.47 bits per heavy atom. The van der Waals surface area contributed by atoms with E-state index in [4.69, 9.17) is 23.2 Å². The second-order valence-electron chi connectivity index (χ2n) is 8.53. The Bertz CT molecular complexity index is 1580. The van der Waals surface area contributed by atoms with E-state index in [2.05, 4.69) is 17.2 Å². The van der Waals surface area contributed by atoms with Crippen LogP contribution in [0.3, 0.4) is 0 Å². The highest BCUT2D eigenvalue weighted by Crippen LogP contribution is 2.39. The quantitative estimate of drug-likeness (QED) is 0.389. The van der Waals surface area contributed by atoms with Crippen LogP contribution in [-0.4, -0.2) is 26.3 Å². The summed E-state index contributed by atoms with van der Waals surface area (Å²) < 4.78 is 56.4. The van der Waals surface area contributed by atoms with E-state index in [1.807, 2.05) is 0 Å². The van der Waals surface area contributed by atoms with Crippen LogP contribution in [0.1, 0.15) is 23.1 Å². The fourth-order valence-corrected chi connectivity index (χ4v) is 6.47. The van der Waals surface area contributed by atoms with Gasteiger partial charge in [0.05, 0.1) is 22.7 Å². The lowest BCUT2D eigenvalue weighted by molar-refractivity contribution is -0.125. The number of fused-ring (bicyclic) bond motifs is 1. The molecular formula is C26H21Cl2F2N3O4S.